The Bertz CT molecular complexity index is 2010. The van der Waals surface area contributed by atoms with E-state index >= 15 is 0 Å². The van der Waals surface area contributed by atoms with Crippen molar-refractivity contribution in [1.29, 1.82) is 0 Å². The maximum Gasteiger partial charge on any atom is 2.00 e. The zero-order valence-corrected chi connectivity index (χ0v) is 35.6. The molecule has 0 unspecified atom stereocenters. The van der Waals surface area contributed by atoms with Gasteiger partial charge in [0.2, 0.25) is 0 Å². The minimum absolute atomic E-state index is 0. The third-order valence-corrected chi connectivity index (χ3v) is 14.7. The summed E-state index contributed by atoms with van der Waals surface area (Å²) in [6.07, 6.45) is 16.3. The number of rotatable bonds is 7. The van der Waals surface area contributed by atoms with Crippen molar-refractivity contribution >= 4 is 37.1 Å². The van der Waals surface area contributed by atoms with Gasteiger partial charge in [-0.15, -0.1) is 29.9 Å². The van der Waals surface area contributed by atoms with Gasteiger partial charge in [-0.05, 0) is 84.5 Å². The average Bonchev–Trinajstić information content (AvgIpc) is 3.80. The van der Waals surface area contributed by atoms with Crippen LogP contribution in [0.5, 0.6) is 0 Å². The molecule has 0 aromatic heterocycles. The van der Waals surface area contributed by atoms with Crippen LogP contribution in [-0.2, 0) is 17.1 Å². The van der Waals surface area contributed by atoms with Crippen LogP contribution in [0.4, 0.5) is 0 Å². The topological polar surface area (TPSA) is 0 Å². The quantitative estimate of drug-likeness (QED) is 0.0878. The van der Waals surface area contributed by atoms with Gasteiger partial charge < -0.3 is 0 Å². The van der Waals surface area contributed by atoms with Crippen LogP contribution >= 0.6 is 15.8 Å². The van der Waals surface area contributed by atoms with Gasteiger partial charge in [0.25, 0.3) is 0 Å². The molecule has 5 aromatic carbocycles. The number of hydrogen-bond acceptors (Lipinski definition) is 0. The van der Waals surface area contributed by atoms with Crippen molar-refractivity contribution in [2.75, 3.05) is 0 Å². The Morgan fingerprint density at radius 2 is 0.925 bits per heavy atom. The van der Waals surface area contributed by atoms with E-state index in [0.717, 1.165) is 0 Å². The average molecular weight is 771 g/mol. The van der Waals surface area contributed by atoms with Crippen LogP contribution in [0.2, 0.25) is 0 Å². The Morgan fingerprint density at radius 3 is 1.32 bits per heavy atom. The normalized spacial score (nSPS) is 15.4. The van der Waals surface area contributed by atoms with Gasteiger partial charge in [0.1, 0.15) is 0 Å². The molecule has 0 saturated carbocycles. The minimum atomic E-state index is -0.783. The molecule has 0 N–H and O–H groups in total. The second-order valence-electron chi connectivity index (χ2n) is 14.6. The molecule has 0 nitrogen and oxygen atoms in total. The fraction of sp³-hybridized carbons (Fsp3) is 0.200. The molecule has 0 radical (unpaired) electrons. The summed E-state index contributed by atoms with van der Waals surface area (Å²) in [6.45, 7) is 20.4. The smallest absolute Gasteiger partial charge is 0.214 e. The van der Waals surface area contributed by atoms with Gasteiger partial charge in [0.05, 0.1) is 0 Å². The van der Waals surface area contributed by atoms with Crippen molar-refractivity contribution < 1.29 is 17.1 Å². The molecule has 270 valence electrons. The van der Waals surface area contributed by atoms with Gasteiger partial charge in [0, 0.05) is 5.66 Å². The second-order valence-corrected chi connectivity index (χ2v) is 19.4. The zero-order valence-electron chi connectivity index (χ0n) is 32.7. The third kappa shape index (κ3) is 9.84. The van der Waals surface area contributed by atoms with Crippen LogP contribution in [-0.4, -0.2) is 5.66 Å². The summed E-state index contributed by atoms with van der Waals surface area (Å²) in [5.41, 5.74) is 16.6. The van der Waals surface area contributed by atoms with Crippen molar-refractivity contribution in [2.45, 2.75) is 68.0 Å². The maximum atomic E-state index is 2.47. The summed E-state index contributed by atoms with van der Waals surface area (Å²) in [7, 11) is -1.44. The van der Waals surface area contributed by atoms with Gasteiger partial charge in [-0.25, -0.2) is 12.1 Å². The fourth-order valence-electron chi connectivity index (χ4n) is 7.76. The molecule has 5 aromatic rings. The van der Waals surface area contributed by atoms with Crippen LogP contribution < -0.4 is 21.2 Å². The first-order chi connectivity index (χ1) is 25.0. The second kappa shape index (κ2) is 18.0. The van der Waals surface area contributed by atoms with E-state index in [2.05, 4.69) is 178 Å². The summed E-state index contributed by atoms with van der Waals surface area (Å²) in [5, 5.41) is 5.76. The van der Waals surface area contributed by atoms with Crippen molar-refractivity contribution in [2.24, 2.45) is 0 Å². The van der Waals surface area contributed by atoms with Crippen molar-refractivity contribution in [1.82, 2.24) is 0 Å². The first kappa shape index (κ1) is 40.4. The minimum Gasteiger partial charge on any atom is -0.214 e. The molecule has 1 atom stereocenters. The van der Waals surface area contributed by atoms with E-state index in [0.29, 0.717) is 5.66 Å². The van der Waals surface area contributed by atoms with E-state index in [1.807, 2.05) is 30.3 Å². The Labute approximate surface area is 332 Å². The Morgan fingerprint density at radius 1 is 0.509 bits per heavy atom. The standard InChI is InChI=1S/C45H47P2.C5H5.Fe/c1-29-17-30(2)22-38(21-29)46(39-23-31(3)18-32(4)24-39)37(9)42-14-12-15-43(42)44-13-10-11-16-45(44)47(40-25-33(5)19-34(6)26-40)41-27-35(7)20-36(8)28-41;1-2-4-5-3-1;/h10-28,37H,1-9H3;1-5H;/q2*-1;+2/b44-43+;;/t37-;;/m1../s1. The molecule has 0 spiro atoms. The number of benzene rings is 4. The van der Waals surface area contributed by atoms with Gasteiger partial charge in [-0.3, -0.25) is 0 Å². The Kier molecular flexibility index (Phi) is 13.7. The molecule has 0 amide bonds. The molecule has 3 heteroatoms. The summed E-state index contributed by atoms with van der Waals surface area (Å²) in [6, 6.07) is 38.6. The van der Waals surface area contributed by atoms with Crippen LogP contribution in [0.3, 0.4) is 0 Å². The first-order valence-corrected chi connectivity index (χ1v) is 21.2. The predicted octanol–water partition coefficient (Wildman–Crippen LogP) is 12.0. The molecule has 7 rings (SSSR count). The van der Waals surface area contributed by atoms with E-state index in [4.69, 9.17) is 0 Å². The van der Waals surface area contributed by atoms with E-state index < -0.39 is 15.8 Å². The van der Waals surface area contributed by atoms with Gasteiger partial charge >= 0.3 is 17.1 Å². The summed E-state index contributed by atoms with van der Waals surface area (Å²) in [5.74, 6) is 0. The number of aryl methyl sites for hydroxylation is 8. The summed E-state index contributed by atoms with van der Waals surface area (Å²) >= 11 is 0. The fourth-order valence-corrected chi connectivity index (χ4v) is 13.7. The number of allylic oxidation sites excluding steroid dienone is 10. The number of hydrogen-bond donors (Lipinski definition) is 0. The first-order valence-electron chi connectivity index (χ1n) is 18.4. The zero-order chi connectivity index (χ0) is 36.9. The van der Waals surface area contributed by atoms with Crippen molar-refractivity contribution in [3.63, 3.8) is 0 Å². The molecule has 0 aliphatic heterocycles. The maximum absolute atomic E-state index is 2.47. The Hall–Kier alpha value is -3.82. The van der Waals surface area contributed by atoms with Crippen LogP contribution in [0.25, 0.3) is 0 Å². The van der Waals surface area contributed by atoms with Crippen LogP contribution in [0.1, 0.15) is 51.4 Å². The molecule has 0 fully saturated rings. The van der Waals surface area contributed by atoms with E-state index in [-0.39, 0.29) is 17.1 Å². The third-order valence-electron chi connectivity index (χ3n) is 9.58. The molecular formula is C50H52FeP2. The summed E-state index contributed by atoms with van der Waals surface area (Å²) in [4.78, 5) is 0. The van der Waals surface area contributed by atoms with Crippen LogP contribution in [0.15, 0.2) is 162 Å². The van der Waals surface area contributed by atoms with Crippen LogP contribution in [0, 0.1) is 61.0 Å². The van der Waals surface area contributed by atoms with Crippen molar-refractivity contribution in [3.8, 4) is 0 Å². The van der Waals surface area contributed by atoms with Gasteiger partial charge in [-0.2, -0.15) is 18.2 Å². The van der Waals surface area contributed by atoms with Gasteiger partial charge in [0.15, 0.2) is 0 Å². The predicted molar refractivity (Wildman–Crippen MR) is 233 cm³/mol. The molecule has 53 heavy (non-hydrogen) atoms. The molecular weight excluding hydrogens is 718 g/mol. The largest absolute Gasteiger partial charge is 2.00 e. The molecule has 0 heterocycles. The summed E-state index contributed by atoms with van der Waals surface area (Å²) < 4.78 is 0. The van der Waals surface area contributed by atoms with Gasteiger partial charge in [-0.1, -0.05) is 167 Å². The Balaban J connectivity index is 0.000000833. The molecule has 0 saturated heterocycles. The van der Waals surface area contributed by atoms with E-state index in [9.17, 15) is 0 Å². The monoisotopic (exact) mass is 770 g/mol. The van der Waals surface area contributed by atoms with Crippen molar-refractivity contribution in [3.05, 3.63) is 213 Å². The van der Waals surface area contributed by atoms with E-state index in [1.54, 1.807) is 0 Å². The molecule has 2 aliphatic rings. The SMILES string of the molecule is Cc1cc(C)cc(P(c2cc(C)cc(C)c2)[C-]2C=CC=C/C2=C2/C=CC=C2[C@@H](C)P(c2cc(C)cc(C)c2)c2cc(C)cc(C)c2)c1.[Fe+2].c1cc[cH-]c1. The molecule has 0 bridgehead atoms. The molecule has 2 aliphatic carbocycles. The van der Waals surface area contributed by atoms with E-state index in [1.165, 1.54) is 88.1 Å².